The van der Waals surface area contributed by atoms with E-state index in [2.05, 4.69) is 5.92 Å². The average molecular weight is 232 g/mol. The van der Waals surface area contributed by atoms with Crippen molar-refractivity contribution in [3.05, 3.63) is 23.3 Å². The van der Waals surface area contributed by atoms with Gasteiger partial charge in [0.2, 0.25) is 0 Å². The minimum atomic E-state index is -1.06. The lowest BCUT2D eigenvalue weighted by atomic mass is 9.80. The molecule has 17 heavy (non-hydrogen) atoms. The van der Waals surface area contributed by atoms with Crippen molar-refractivity contribution in [2.24, 2.45) is 0 Å². The van der Waals surface area contributed by atoms with Crippen LogP contribution in [0.1, 0.15) is 17.5 Å². The molecular weight excluding hydrogens is 216 g/mol. The molecule has 0 unspecified atom stereocenters. The first-order valence-corrected chi connectivity index (χ1v) is 5.56. The summed E-state index contributed by atoms with van der Waals surface area (Å²) in [7, 11) is 3.26. The predicted octanol–water partition coefficient (Wildman–Crippen LogP) is 1.56. The summed E-state index contributed by atoms with van der Waals surface area (Å²) >= 11 is 0. The van der Waals surface area contributed by atoms with Gasteiger partial charge in [0, 0.05) is 17.5 Å². The summed E-state index contributed by atoms with van der Waals surface area (Å²) < 4.78 is 10.6. The van der Waals surface area contributed by atoms with Gasteiger partial charge in [-0.1, -0.05) is 5.92 Å². The standard InChI is InChI=1S/C14H16O3/c1-4-14(15)8-7-10-11(9-14)13(17-3)6-5-12(10)16-2/h1,5-6,15H,7-9H2,2-3H3/t14-/m0/s1. The van der Waals surface area contributed by atoms with E-state index in [0.29, 0.717) is 19.3 Å². The van der Waals surface area contributed by atoms with Crippen LogP contribution >= 0.6 is 0 Å². The molecule has 0 amide bonds. The highest BCUT2D eigenvalue weighted by molar-refractivity contribution is 5.51. The van der Waals surface area contributed by atoms with Gasteiger partial charge in [0.1, 0.15) is 17.1 Å². The summed E-state index contributed by atoms with van der Waals surface area (Å²) in [5, 5.41) is 10.2. The molecule has 1 aliphatic carbocycles. The van der Waals surface area contributed by atoms with Crippen LogP contribution in [-0.4, -0.2) is 24.9 Å². The lowest BCUT2D eigenvalue weighted by Gasteiger charge is -2.30. The highest BCUT2D eigenvalue weighted by Gasteiger charge is 2.33. The van der Waals surface area contributed by atoms with E-state index < -0.39 is 5.60 Å². The largest absolute Gasteiger partial charge is 0.496 e. The summed E-state index contributed by atoms with van der Waals surface area (Å²) in [4.78, 5) is 0. The second kappa shape index (κ2) is 4.31. The van der Waals surface area contributed by atoms with Crippen LogP contribution in [0.25, 0.3) is 0 Å². The fourth-order valence-electron chi connectivity index (χ4n) is 2.34. The first kappa shape index (κ1) is 11.8. The van der Waals surface area contributed by atoms with Crippen LogP contribution in [0.3, 0.4) is 0 Å². The molecular formula is C14H16O3. The molecule has 1 aromatic rings. The average Bonchev–Trinajstić information content (AvgIpc) is 2.37. The van der Waals surface area contributed by atoms with Gasteiger partial charge in [-0.3, -0.25) is 0 Å². The second-order valence-corrected chi connectivity index (χ2v) is 4.28. The van der Waals surface area contributed by atoms with Gasteiger partial charge in [-0.15, -0.1) is 6.42 Å². The summed E-state index contributed by atoms with van der Waals surface area (Å²) in [6.45, 7) is 0. The van der Waals surface area contributed by atoms with Crippen molar-refractivity contribution < 1.29 is 14.6 Å². The first-order chi connectivity index (χ1) is 8.13. The Balaban J connectivity index is 2.52. The van der Waals surface area contributed by atoms with Crippen LogP contribution in [0.5, 0.6) is 11.5 Å². The molecule has 1 aromatic carbocycles. The third-order valence-corrected chi connectivity index (χ3v) is 3.31. The van der Waals surface area contributed by atoms with Gasteiger partial charge >= 0.3 is 0 Å². The molecule has 0 aromatic heterocycles. The van der Waals surface area contributed by atoms with E-state index in [1.807, 2.05) is 12.1 Å². The molecule has 0 bridgehead atoms. The van der Waals surface area contributed by atoms with Crippen molar-refractivity contribution in [1.29, 1.82) is 0 Å². The Hall–Kier alpha value is -1.66. The maximum atomic E-state index is 10.2. The van der Waals surface area contributed by atoms with Gasteiger partial charge in [-0.2, -0.15) is 0 Å². The number of hydrogen-bond acceptors (Lipinski definition) is 3. The fourth-order valence-corrected chi connectivity index (χ4v) is 2.34. The SMILES string of the molecule is C#C[C@]1(O)CCc2c(OC)ccc(OC)c2C1. The highest BCUT2D eigenvalue weighted by Crippen LogP contribution is 2.39. The molecule has 2 rings (SSSR count). The normalized spacial score (nSPS) is 22.5. The zero-order valence-electron chi connectivity index (χ0n) is 10.1. The molecule has 90 valence electrons. The zero-order chi connectivity index (χ0) is 12.5. The molecule has 1 aliphatic rings. The van der Waals surface area contributed by atoms with Gasteiger partial charge in [0.05, 0.1) is 14.2 Å². The molecule has 3 nitrogen and oxygen atoms in total. The topological polar surface area (TPSA) is 38.7 Å². The van der Waals surface area contributed by atoms with E-state index in [1.54, 1.807) is 14.2 Å². The third kappa shape index (κ3) is 1.96. The fraction of sp³-hybridized carbons (Fsp3) is 0.429. The Morgan fingerprint density at radius 2 is 1.82 bits per heavy atom. The molecule has 1 atom stereocenters. The monoisotopic (exact) mass is 232 g/mol. The van der Waals surface area contributed by atoms with E-state index in [0.717, 1.165) is 22.6 Å². The van der Waals surface area contributed by atoms with Gasteiger partial charge in [-0.05, 0) is 25.0 Å². The maximum absolute atomic E-state index is 10.2. The van der Waals surface area contributed by atoms with Crippen LogP contribution in [-0.2, 0) is 12.8 Å². The number of hydrogen-bond donors (Lipinski definition) is 1. The van der Waals surface area contributed by atoms with E-state index in [-0.39, 0.29) is 0 Å². The van der Waals surface area contributed by atoms with Gasteiger partial charge in [-0.25, -0.2) is 0 Å². The van der Waals surface area contributed by atoms with E-state index >= 15 is 0 Å². The number of aliphatic hydroxyl groups is 1. The van der Waals surface area contributed by atoms with Crippen molar-refractivity contribution >= 4 is 0 Å². The molecule has 1 N–H and O–H groups in total. The summed E-state index contributed by atoms with van der Waals surface area (Å²) in [5.74, 6) is 4.06. The zero-order valence-corrected chi connectivity index (χ0v) is 10.1. The third-order valence-electron chi connectivity index (χ3n) is 3.31. The molecule has 0 spiro atoms. The quantitative estimate of drug-likeness (QED) is 0.786. The minimum Gasteiger partial charge on any atom is -0.496 e. The summed E-state index contributed by atoms with van der Waals surface area (Å²) in [6.07, 6.45) is 7.06. The Morgan fingerprint density at radius 3 is 2.35 bits per heavy atom. The van der Waals surface area contributed by atoms with Crippen molar-refractivity contribution in [2.75, 3.05) is 14.2 Å². The Bertz CT molecular complexity index is 473. The molecule has 3 heteroatoms. The van der Waals surface area contributed by atoms with Crippen LogP contribution in [0.2, 0.25) is 0 Å². The van der Waals surface area contributed by atoms with Crippen LogP contribution in [0.4, 0.5) is 0 Å². The molecule has 0 saturated carbocycles. The number of terminal acetylenes is 1. The van der Waals surface area contributed by atoms with E-state index in [9.17, 15) is 5.11 Å². The van der Waals surface area contributed by atoms with Crippen LogP contribution < -0.4 is 9.47 Å². The van der Waals surface area contributed by atoms with Crippen molar-refractivity contribution in [3.8, 4) is 23.8 Å². The molecule has 0 saturated heterocycles. The lowest BCUT2D eigenvalue weighted by Crippen LogP contribution is -2.34. The first-order valence-electron chi connectivity index (χ1n) is 5.56. The molecule has 0 radical (unpaired) electrons. The summed E-state index contributed by atoms with van der Waals surface area (Å²) in [5.41, 5.74) is 0.984. The number of rotatable bonds is 2. The second-order valence-electron chi connectivity index (χ2n) is 4.28. The van der Waals surface area contributed by atoms with Crippen molar-refractivity contribution in [3.63, 3.8) is 0 Å². The number of methoxy groups -OCH3 is 2. The smallest absolute Gasteiger partial charge is 0.129 e. The number of ether oxygens (including phenoxy) is 2. The van der Waals surface area contributed by atoms with Gasteiger partial charge < -0.3 is 14.6 Å². The Kier molecular flexibility index (Phi) is 2.99. The molecule has 0 heterocycles. The van der Waals surface area contributed by atoms with E-state index in [1.165, 1.54) is 0 Å². The van der Waals surface area contributed by atoms with Crippen LogP contribution in [0, 0.1) is 12.3 Å². The van der Waals surface area contributed by atoms with Gasteiger partial charge in [0.15, 0.2) is 0 Å². The number of benzene rings is 1. The van der Waals surface area contributed by atoms with E-state index in [4.69, 9.17) is 15.9 Å². The predicted molar refractivity (Wildman–Crippen MR) is 65.4 cm³/mol. The van der Waals surface area contributed by atoms with Crippen molar-refractivity contribution in [2.45, 2.75) is 24.9 Å². The minimum absolute atomic E-state index is 0.416. The number of fused-ring (bicyclic) bond motifs is 1. The van der Waals surface area contributed by atoms with Crippen LogP contribution in [0.15, 0.2) is 12.1 Å². The maximum Gasteiger partial charge on any atom is 0.129 e. The van der Waals surface area contributed by atoms with Crippen molar-refractivity contribution in [1.82, 2.24) is 0 Å². The Labute approximate surface area is 101 Å². The molecule has 0 aliphatic heterocycles. The Morgan fingerprint density at radius 1 is 1.24 bits per heavy atom. The van der Waals surface area contributed by atoms with Gasteiger partial charge in [0.25, 0.3) is 0 Å². The lowest BCUT2D eigenvalue weighted by molar-refractivity contribution is 0.0850. The summed E-state index contributed by atoms with van der Waals surface area (Å²) in [6, 6.07) is 3.73. The highest BCUT2D eigenvalue weighted by atomic mass is 16.5. The molecule has 0 fully saturated rings.